The SMILES string of the molecule is CC(NC(=O)c1cn(C2CC2)c2cc(N3CCNCC3)c(F)cc2c1=O)C(=O)CC(Cc1cnc[nH]1)C(=O)O. The first-order valence-electron chi connectivity index (χ1n) is 13.1. The highest BCUT2D eigenvalue weighted by atomic mass is 19.1. The maximum absolute atomic E-state index is 15.2. The van der Waals surface area contributed by atoms with Crippen molar-refractivity contribution in [1.82, 2.24) is 25.2 Å². The summed E-state index contributed by atoms with van der Waals surface area (Å²) >= 11 is 0. The molecular weight excluding hydrogens is 507 g/mol. The number of carbonyl (C=O) groups excluding carboxylic acids is 2. The number of hydrogen-bond donors (Lipinski definition) is 4. The van der Waals surface area contributed by atoms with Crippen LogP contribution in [0.2, 0.25) is 0 Å². The number of aliphatic carboxylic acids is 1. The molecule has 1 aromatic carbocycles. The van der Waals surface area contributed by atoms with E-state index in [9.17, 15) is 24.3 Å². The number of rotatable bonds is 10. The molecule has 3 heterocycles. The zero-order valence-corrected chi connectivity index (χ0v) is 21.6. The Morgan fingerprint density at radius 3 is 2.62 bits per heavy atom. The third-order valence-electron chi connectivity index (χ3n) is 7.39. The van der Waals surface area contributed by atoms with Crippen molar-refractivity contribution < 1.29 is 23.9 Å². The van der Waals surface area contributed by atoms with Crippen LogP contribution in [-0.4, -0.2) is 69.5 Å². The smallest absolute Gasteiger partial charge is 0.307 e. The number of fused-ring (bicyclic) bond motifs is 1. The minimum absolute atomic E-state index is 0.0833. The lowest BCUT2D eigenvalue weighted by Gasteiger charge is -2.30. The fourth-order valence-electron chi connectivity index (χ4n) is 5.01. The number of carbonyl (C=O) groups is 3. The number of carboxylic acids is 1. The largest absolute Gasteiger partial charge is 0.481 e. The lowest BCUT2D eigenvalue weighted by atomic mass is 9.95. The van der Waals surface area contributed by atoms with E-state index in [1.807, 2.05) is 9.47 Å². The molecule has 0 spiro atoms. The number of H-pyrrole nitrogens is 1. The van der Waals surface area contributed by atoms with Gasteiger partial charge in [0.15, 0.2) is 5.78 Å². The molecular formula is C27H31FN6O5. The summed E-state index contributed by atoms with van der Waals surface area (Å²) in [6, 6.07) is 1.96. The molecule has 2 atom stereocenters. The average Bonchev–Trinajstić information content (AvgIpc) is 3.63. The summed E-state index contributed by atoms with van der Waals surface area (Å²) in [5.41, 5.74) is 0.776. The van der Waals surface area contributed by atoms with Gasteiger partial charge in [-0.3, -0.25) is 19.2 Å². The monoisotopic (exact) mass is 538 g/mol. The second-order valence-corrected chi connectivity index (χ2v) is 10.2. The van der Waals surface area contributed by atoms with Crippen LogP contribution < -0.4 is 21.0 Å². The summed E-state index contributed by atoms with van der Waals surface area (Å²) in [7, 11) is 0. The normalized spacial score (nSPS) is 17.1. The molecule has 2 aromatic heterocycles. The Morgan fingerprint density at radius 1 is 1.23 bits per heavy atom. The molecule has 3 aromatic rings. The maximum atomic E-state index is 15.2. The molecule has 2 aliphatic rings. The second kappa shape index (κ2) is 11.0. The molecule has 1 saturated carbocycles. The van der Waals surface area contributed by atoms with E-state index in [2.05, 4.69) is 20.6 Å². The minimum Gasteiger partial charge on any atom is -0.481 e. The number of benzene rings is 1. The highest BCUT2D eigenvalue weighted by Crippen LogP contribution is 2.38. The Hall–Kier alpha value is -4.06. The number of carboxylic acid groups (broad SMARTS) is 1. The number of aromatic nitrogens is 3. The predicted molar refractivity (Wildman–Crippen MR) is 141 cm³/mol. The molecule has 2 unspecified atom stereocenters. The molecule has 0 bridgehead atoms. The van der Waals surface area contributed by atoms with Crippen LogP contribution in [0.1, 0.15) is 48.3 Å². The molecule has 39 heavy (non-hydrogen) atoms. The number of halogens is 1. The first kappa shape index (κ1) is 26.5. The Bertz CT molecular complexity index is 1460. The molecule has 1 amide bonds. The number of nitrogens with one attached hydrogen (secondary N) is 3. The number of amides is 1. The van der Waals surface area contributed by atoms with Crippen LogP contribution in [0.3, 0.4) is 0 Å². The molecule has 5 rings (SSSR count). The second-order valence-electron chi connectivity index (χ2n) is 10.2. The van der Waals surface area contributed by atoms with Gasteiger partial charge in [0.1, 0.15) is 11.4 Å². The van der Waals surface area contributed by atoms with Gasteiger partial charge in [-0.1, -0.05) is 0 Å². The van der Waals surface area contributed by atoms with Crippen molar-refractivity contribution in [3.05, 3.63) is 58.2 Å². The summed E-state index contributed by atoms with van der Waals surface area (Å²) in [6.07, 6.45) is 5.94. The van der Waals surface area contributed by atoms with Crippen LogP contribution in [0.15, 0.2) is 35.6 Å². The van der Waals surface area contributed by atoms with Crippen LogP contribution in [0.4, 0.5) is 10.1 Å². The first-order valence-corrected chi connectivity index (χ1v) is 13.1. The quantitative estimate of drug-likeness (QED) is 0.304. The van der Waals surface area contributed by atoms with Crippen LogP contribution in [0, 0.1) is 11.7 Å². The number of pyridine rings is 1. The van der Waals surface area contributed by atoms with Gasteiger partial charge in [0.25, 0.3) is 5.91 Å². The fourth-order valence-corrected chi connectivity index (χ4v) is 5.01. The van der Waals surface area contributed by atoms with E-state index in [1.54, 1.807) is 6.07 Å². The first-order chi connectivity index (χ1) is 18.7. The number of imidazole rings is 1. The van der Waals surface area contributed by atoms with Crippen molar-refractivity contribution in [1.29, 1.82) is 0 Å². The Kier molecular flexibility index (Phi) is 7.47. The molecule has 1 aliphatic carbocycles. The number of ketones is 1. The van der Waals surface area contributed by atoms with E-state index in [0.29, 0.717) is 30.0 Å². The van der Waals surface area contributed by atoms with Gasteiger partial charge in [0.2, 0.25) is 5.43 Å². The van der Waals surface area contributed by atoms with Gasteiger partial charge in [0, 0.05) is 68.5 Å². The van der Waals surface area contributed by atoms with Gasteiger partial charge in [-0.15, -0.1) is 0 Å². The summed E-state index contributed by atoms with van der Waals surface area (Å²) < 4.78 is 17.0. The van der Waals surface area contributed by atoms with Crippen molar-refractivity contribution >= 4 is 34.3 Å². The van der Waals surface area contributed by atoms with Crippen molar-refractivity contribution in [2.45, 2.75) is 44.7 Å². The Balaban J connectivity index is 1.38. The van der Waals surface area contributed by atoms with E-state index >= 15 is 4.39 Å². The van der Waals surface area contributed by atoms with Gasteiger partial charge in [-0.2, -0.15) is 0 Å². The molecule has 0 radical (unpaired) electrons. The van der Waals surface area contributed by atoms with Crippen molar-refractivity contribution in [2.24, 2.45) is 5.92 Å². The van der Waals surface area contributed by atoms with Crippen molar-refractivity contribution in [3.63, 3.8) is 0 Å². The van der Waals surface area contributed by atoms with E-state index in [-0.39, 0.29) is 29.8 Å². The lowest BCUT2D eigenvalue weighted by Crippen LogP contribution is -2.44. The molecule has 1 aliphatic heterocycles. The van der Waals surface area contributed by atoms with Crippen LogP contribution in [0.5, 0.6) is 0 Å². The van der Waals surface area contributed by atoms with Crippen molar-refractivity contribution in [3.8, 4) is 0 Å². The lowest BCUT2D eigenvalue weighted by molar-refractivity contribution is -0.143. The maximum Gasteiger partial charge on any atom is 0.307 e. The van der Waals surface area contributed by atoms with E-state index in [4.69, 9.17) is 0 Å². The molecule has 206 valence electrons. The zero-order chi connectivity index (χ0) is 27.7. The summed E-state index contributed by atoms with van der Waals surface area (Å²) in [6.45, 7) is 4.22. The van der Waals surface area contributed by atoms with E-state index in [1.165, 1.54) is 31.7 Å². The predicted octanol–water partition coefficient (Wildman–Crippen LogP) is 1.63. The average molecular weight is 539 g/mol. The standard InChI is InChI=1S/C27H31FN6O5/c1-15(24(35)9-16(27(38)39)8-17-12-30-14-31-17)32-26(37)20-13-34(18-2-3-18)22-11-23(33-6-4-29-5-7-33)21(28)10-19(22)25(20)36/h10-16,18,29H,2-9H2,1H3,(H,30,31)(H,32,37)(H,38,39). The number of anilines is 1. The fraction of sp³-hybridized carbons (Fsp3) is 0.444. The summed E-state index contributed by atoms with van der Waals surface area (Å²) in [5, 5.41) is 15.4. The Labute approximate surface area is 223 Å². The molecule has 1 saturated heterocycles. The molecule has 12 heteroatoms. The highest BCUT2D eigenvalue weighted by molar-refractivity contribution is 6.00. The van der Waals surface area contributed by atoms with Crippen LogP contribution in [-0.2, 0) is 16.0 Å². The Morgan fingerprint density at radius 2 is 1.97 bits per heavy atom. The molecule has 4 N–H and O–H groups in total. The third kappa shape index (κ3) is 5.70. The number of piperazine rings is 1. The number of nitrogens with zero attached hydrogens (tertiary/aromatic N) is 3. The third-order valence-corrected chi connectivity index (χ3v) is 7.39. The number of aromatic amines is 1. The van der Waals surface area contributed by atoms with E-state index < -0.39 is 40.9 Å². The number of hydrogen-bond acceptors (Lipinski definition) is 7. The van der Waals surface area contributed by atoms with Gasteiger partial charge in [-0.05, 0) is 31.9 Å². The van der Waals surface area contributed by atoms with Crippen LogP contribution in [0.25, 0.3) is 10.9 Å². The van der Waals surface area contributed by atoms with Crippen molar-refractivity contribution in [2.75, 3.05) is 31.1 Å². The van der Waals surface area contributed by atoms with E-state index in [0.717, 1.165) is 25.9 Å². The summed E-state index contributed by atoms with van der Waals surface area (Å²) in [4.78, 5) is 59.7. The van der Waals surface area contributed by atoms with Gasteiger partial charge in [-0.25, -0.2) is 9.37 Å². The van der Waals surface area contributed by atoms with Gasteiger partial charge < -0.3 is 30.2 Å². The zero-order valence-electron chi connectivity index (χ0n) is 21.6. The van der Waals surface area contributed by atoms with Gasteiger partial charge >= 0.3 is 5.97 Å². The topological polar surface area (TPSA) is 149 Å². The summed E-state index contributed by atoms with van der Waals surface area (Å²) in [5.74, 6) is -3.91. The molecule has 11 nitrogen and oxygen atoms in total. The van der Waals surface area contributed by atoms with Crippen LogP contribution >= 0.6 is 0 Å². The highest BCUT2D eigenvalue weighted by Gasteiger charge is 2.30. The van der Waals surface area contributed by atoms with Gasteiger partial charge in [0.05, 0.1) is 29.5 Å². The minimum atomic E-state index is -1.14. The molecule has 2 fully saturated rings. The number of Topliss-reactive ketones (excluding diaryl/α,β-unsaturated/α-hetero) is 1.